The van der Waals surface area contributed by atoms with Crippen LogP contribution in [-0.2, 0) is 0 Å². The van der Waals surface area contributed by atoms with E-state index in [1.807, 2.05) is 0 Å². The first-order chi connectivity index (χ1) is 9.51. The number of pyridine rings is 1. The highest BCUT2D eigenvalue weighted by atomic mass is 35.5. The lowest BCUT2D eigenvalue weighted by Crippen LogP contribution is -1.93. The van der Waals surface area contributed by atoms with E-state index in [-0.39, 0.29) is 27.4 Å². The van der Waals surface area contributed by atoms with Gasteiger partial charge in [-0.15, -0.1) is 0 Å². The minimum Gasteiger partial charge on any atom is -0.436 e. The molecule has 0 spiro atoms. The van der Waals surface area contributed by atoms with Gasteiger partial charge in [-0.2, -0.15) is 0 Å². The van der Waals surface area contributed by atoms with Crippen molar-refractivity contribution >= 4 is 35.2 Å². The molecule has 0 fully saturated rings. The maximum absolute atomic E-state index is 10.6. The Hall–Kier alpha value is -2.18. The van der Waals surface area contributed by atoms with Gasteiger partial charge in [0.25, 0.3) is 5.69 Å². The zero-order valence-electron chi connectivity index (χ0n) is 9.75. The van der Waals surface area contributed by atoms with E-state index in [0.29, 0.717) is 11.8 Å². The summed E-state index contributed by atoms with van der Waals surface area (Å²) in [6.07, 6.45) is 1.96. The van der Waals surface area contributed by atoms with Gasteiger partial charge in [-0.1, -0.05) is 23.2 Å². The molecule has 2 aromatic rings. The van der Waals surface area contributed by atoms with Crippen molar-refractivity contribution in [1.82, 2.24) is 4.98 Å². The molecule has 0 radical (unpaired) electrons. The number of halogens is 2. The molecule has 102 valence electrons. The second kappa shape index (κ2) is 5.85. The van der Waals surface area contributed by atoms with Crippen molar-refractivity contribution in [2.75, 3.05) is 0 Å². The monoisotopic (exact) mass is 312 g/mol. The van der Waals surface area contributed by atoms with Gasteiger partial charge in [0.1, 0.15) is 0 Å². The second-order valence-electron chi connectivity index (χ2n) is 3.65. The number of nitro benzene ring substituents is 1. The number of carbonyl (C=O) groups excluding carboxylic acids is 1. The molecule has 0 aliphatic heterocycles. The van der Waals surface area contributed by atoms with Gasteiger partial charge in [0.2, 0.25) is 5.88 Å². The number of aldehydes is 1. The number of nitrogens with zero attached hydrogens (tertiary/aromatic N) is 2. The fourth-order valence-corrected chi connectivity index (χ4v) is 1.93. The number of ether oxygens (including phenoxy) is 1. The van der Waals surface area contributed by atoms with Crippen molar-refractivity contribution in [3.8, 4) is 11.6 Å². The molecule has 20 heavy (non-hydrogen) atoms. The van der Waals surface area contributed by atoms with Crippen molar-refractivity contribution in [2.45, 2.75) is 0 Å². The molecule has 0 amide bonds. The first-order valence-corrected chi connectivity index (χ1v) is 5.99. The Morgan fingerprint density at radius 2 is 1.90 bits per heavy atom. The van der Waals surface area contributed by atoms with Gasteiger partial charge >= 0.3 is 0 Å². The Labute approximate surface area is 123 Å². The smallest absolute Gasteiger partial charge is 0.272 e. The molecule has 1 aromatic carbocycles. The highest BCUT2D eigenvalue weighted by Crippen LogP contribution is 2.38. The molecule has 0 unspecified atom stereocenters. The summed E-state index contributed by atoms with van der Waals surface area (Å²) in [6.45, 7) is 0. The topological polar surface area (TPSA) is 82.3 Å². The quantitative estimate of drug-likeness (QED) is 0.485. The second-order valence-corrected chi connectivity index (χ2v) is 4.46. The summed E-state index contributed by atoms with van der Waals surface area (Å²) in [4.78, 5) is 24.4. The van der Waals surface area contributed by atoms with E-state index in [2.05, 4.69) is 4.98 Å². The van der Waals surface area contributed by atoms with Crippen molar-refractivity contribution in [2.24, 2.45) is 0 Å². The summed E-state index contributed by atoms with van der Waals surface area (Å²) in [5.74, 6) is 0.221. The molecule has 0 saturated heterocycles. The Kier molecular flexibility index (Phi) is 4.16. The fraction of sp³-hybridized carbons (Fsp3) is 0. The van der Waals surface area contributed by atoms with Crippen LogP contribution >= 0.6 is 23.2 Å². The first-order valence-electron chi connectivity index (χ1n) is 5.24. The molecule has 0 aliphatic carbocycles. The standard InChI is InChI=1S/C12H6Cl2N2O4/c13-9-3-8(16(18)19)4-10(14)12(9)20-11-2-1-7(6-17)5-15-11/h1-6H. The van der Waals surface area contributed by atoms with Gasteiger partial charge in [-0.05, 0) is 6.07 Å². The van der Waals surface area contributed by atoms with E-state index in [9.17, 15) is 14.9 Å². The largest absolute Gasteiger partial charge is 0.436 e. The highest BCUT2D eigenvalue weighted by Gasteiger charge is 2.16. The van der Waals surface area contributed by atoms with Crippen molar-refractivity contribution in [3.63, 3.8) is 0 Å². The van der Waals surface area contributed by atoms with Gasteiger partial charge in [0.05, 0.1) is 15.0 Å². The number of hydrogen-bond donors (Lipinski definition) is 0. The number of nitro groups is 1. The third-order valence-electron chi connectivity index (χ3n) is 2.30. The van der Waals surface area contributed by atoms with Crippen LogP contribution in [0.4, 0.5) is 5.69 Å². The van der Waals surface area contributed by atoms with Crippen LogP contribution in [0.5, 0.6) is 11.6 Å². The zero-order valence-corrected chi connectivity index (χ0v) is 11.3. The predicted molar refractivity (Wildman–Crippen MR) is 72.8 cm³/mol. The van der Waals surface area contributed by atoms with E-state index in [4.69, 9.17) is 27.9 Å². The summed E-state index contributed by atoms with van der Waals surface area (Å²) >= 11 is 11.8. The number of hydrogen-bond acceptors (Lipinski definition) is 5. The van der Waals surface area contributed by atoms with E-state index >= 15 is 0 Å². The molecule has 2 rings (SSSR count). The van der Waals surface area contributed by atoms with Gasteiger partial charge in [0.15, 0.2) is 12.0 Å². The van der Waals surface area contributed by atoms with Crippen LogP contribution < -0.4 is 4.74 Å². The number of aromatic nitrogens is 1. The van der Waals surface area contributed by atoms with Crippen LogP contribution in [0.3, 0.4) is 0 Å². The van der Waals surface area contributed by atoms with Gasteiger partial charge in [0, 0.05) is 30.0 Å². The summed E-state index contributed by atoms with van der Waals surface area (Å²) < 4.78 is 5.36. The first kappa shape index (κ1) is 14.2. The van der Waals surface area contributed by atoms with E-state index < -0.39 is 4.92 Å². The van der Waals surface area contributed by atoms with Crippen LogP contribution in [0.2, 0.25) is 10.0 Å². The van der Waals surface area contributed by atoms with Gasteiger partial charge < -0.3 is 4.74 Å². The molecule has 1 aromatic heterocycles. The lowest BCUT2D eigenvalue weighted by atomic mass is 10.3. The van der Waals surface area contributed by atoms with E-state index in [1.54, 1.807) is 0 Å². The van der Waals surface area contributed by atoms with Gasteiger partial charge in [-0.3, -0.25) is 14.9 Å². The van der Waals surface area contributed by atoms with Crippen molar-refractivity contribution < 1.29 is 14.5 Å². The molecular formula is C12H6Cl2N2O4. The average molecular weight is 313 g/mol. The number of non-ortho nitro benzene ring substituents is 1. The summed E-state index contributed by atoms with van der Waals surface area (Å²) in [5.41, 5.74) is 0.148. The van der Waals surface area contributed by atoms with Crippen LogP contribution in [0.1, 0.15) is 10.4 Å². The molecule has 6 nitrogen and oxygen atoms in total. The van der Waals surface area contributed by atoms with Crippen molar-refractivity contribution in [3.05, 3.63) is 56.2 Å². The lowest BCUT2D eigenvalue weighted by molar-refractivity contribution is -0.384. The number of benzene rings is 1. The highest BCUT2D eigenvalue weighted by molar-refractivity contribution is 6.37. The molecular weight excluding hydrogens is 307 g/mol. The summed E-state index contributed by atoms with van der Waals surface area (Å²) in [5, 5.41) is 10.6. The minimum atomic E-state index is -0.612. The van der Waals surface area contributed by atoms with Crippen LogP contribution in [0.15, 0.2) is 30.5 Å². The molecule has 0 aliphatic rings. The Balaban J connectivity index is 2.33. The van der Waals surface area contributed by atoms with Crippen LogP contribution in [0, 0.1) is 10.1 Å². The minimum absolute atomic E-state index is 0.00883. The lowest BCUT2D eigenvalue weighted by Gasteiger charge is -2.08. The molecule has 0 bridgehead atoms. The van der Waals surface area contributed by atoms with E-state index in [0.717, 1.165) is 12.1 Å². The van der Waals surface area contributed by atoms with Gasteiger partial charge in [-0.25, -0.2) is 4.98 Å². The normalized spacial score (nSPS) is 10.1. The SMILES string of the molecule is O=Cc1ccc(Oc2c(Cl)cc([N+](=O)[O-])cc2Cl)nc1. The predicted octanol–water partition coefficient (Wildman–Crippen LogP) is 3.90. The average Bonchev–Trinajstić information content (AvgIpc) is 2.43. The molecule has 0 saturated carbocycles. The molecule has 0 N–H and O–H groups in total. The Morgan fingerprint density at radius 3 is 2.35 bits per heavy atom. The maximum atomic E-state index is 10.6. The maximum Gasteiger partial charge on any atom is 0.272 e. The van der Waals surface area contributed by atoms with Crippen LogP contribution in [-0.4, -0.2) is 16.2 Å². The number of carbonyl (C=O) groups is 1. The molecule has 0 atom stereocenters. The summed E-state index contributed by atoms with van der Waals surface area (Å²) in [6, 6.07) is 5.21. The fourth-order valence-electron chi connectivity index (χ4n) is 1.38. The third-order valence-corrected chi connectivity index (χ3v) is 2.86. The Bertz CT molecular complexity index is 651. The Morgan fingerprint density at radius 1 is 1.25 bits per heavy atom. The third kappa shape index (κ3) is 3.04. The van der Waals surface area contributed by atoms with E-state index in [1.165, 1.54) is 18.3 Å². The number of rotatable bonds is 4. The molecule has 8 heteroatoms. The zero-order chi connectivity index (χ0) is 14.7. The summed E-state index contributed by atoms with van der Waals surface area (Å²) in [7, 11) is 0. The van der Waals surface area contributed by atoms with Crippen molar-refractivity contribution in [1.29, 1.82) is 0 Å². The van der Waals surface area contributed by atoms with Crippen LogP contribution in [0.25, 0.3) is 0 Å². The molecule has 1 heterocycles.